The van der Waals surface area contributed by atoms with Crippen molar-refractivity contribution in [3.63, 3.8) is 0 Å². The summed E-state index contributed by atoms with van der Waals surface area (Å²) in [5.74, 6) is -0.467. The molecule has 2 aromatic rings. The lowest BCUT2D eigenvalue weighted by Crippen LogP contribution is -2.00. The van der Waals surface area contributed by atoms with Crippen molar-refractivity contribution in [2.45, 2.75) is 23.3 Å². The Labute approximate surface area is 166 Å². The van der Waals surface area contributed by atoms with E-state index in [1.165, 1.54) is 13.0 Å². The van der Waals surface area contributed by atoms with E-state index in [4.69, 9.17) is 16.3 Å². The maximum atomic E-state index is 11.6. The largest absolute Gasteiger partial charge is 0.461 e. The first-order valence-corrected chi connectivity index (χ1v) is 9.13. The number of esters is 1. The van der Waals surface area contributed by atoms with Crippen LogP contribution in [0.4, 0.5) is 5.69 Å². The zero-order chi connectivity index (χ0) is 18.6. The number of hydrogen-bond donors (Lipinski definition) is 0. The van der Waals surface area contributed by atoms with Gasteiger partial charge in [0.25, 0.3) is 10.9 Å². The van der Waals surface area contributed by atoms with E-state index in [0.717, 1.165) is 15.3 Å². The van der Waals surface area contributed by atoms with E-state index in [1.54, 1.807) is 30.3 Å². The highest BCUT2D eigenvalue weighted by atomic mass is 127. The minimum absolute atomic E-state index is 0.0456. The van der Waals surface area contributed by atoms with Crippen LogP contribution in [-0.2, 0) is 16.1 Å². The maximum absolute atomic E-state index is 11.6. The molecule has 25 heavy (non-hydrogen) atoms. The van der Waals surface area contributed by atoms with Crippen molar-refractivity contribution in [2.24, 2.45) is 0 Å². The van der Waals surface area contributed by atoms with Crippen molar-refractivity contribution >= 4 is 62.9 Å². The smallest absolute Gasteiger partial charge is 0.302 e. The van der Waals surface area contributed by atoms with Crippen molar-refractivity contribution < 1.29 is 19.2 Å². The minimum atomic E-state index is -0.629. The topological polar surface area (TPSA) is 86.5 Å². The van der Waals surface area contributed by atoms with Crippen LogP contribution in [0.25, 0.3) is 0 Å². The number of carbonyl (C=O) groups excluding carboxylic acids is 2. The summed E-state index contributed by atoms with van der Waals surface area (Å²) < 4.78 is 5.68. The van der Waals surface area contributed by atoms with Gasteiger partial charge in [-0.15, -0.1) is 0 Å². The third-order valence-electron chi connectivity index (χ3n) is 3.04. The summed E-state index contributed by atoms with van der Waals surface area (Å²) >= 11 is 8.74. The molecule has 0 heterocycles. The van der Waals surface area contributed by atoms with Gasteiger partial charge in [-0.2, -0.15) is 0 Å². The Morgan fingerprint density at radius 2 is 1.92 bits per heavy atom. The summed E-state index contributed by atoms with van der Waals surface area (Å²) in [6.45, 7) is 1.22. The van der Waals surface area contributed by atoms with E-state index in [0.29, 0.717) is 15.4 Å². The molecular formula is C16H11ClINO5S. The van der Waals surface area contributed by atoms with Crippen molar-refractivity contribution in [1.29, 1.82) is 0 Å². The van der Waals surface area contributed by atoms with E-state index in [2.05, 4.69) is 22.6 Å². The van der Waals surface area contributed by atoms with E-state index in [1.807, 2.05) is 0 Å². The number of ether oxygens (including phenoxy) is 1. The number of rotatable bonds is 6. The van der Waals surface area contributed by atoms with Gasteiger partial charge in [-0.05, 0) is 64.0 Å². The number of nitro benzene ring substituents is 1. The first-order valence-electron chi connectivity index (χ1n) is 6.86. The molecule has 0 fully saturated rings. The van der Waals surface area contributed by atoms with Gasteiger partial charge in [-0.3, -0.25) is 19.7 Å². The molecular weight excluding hydrogens is 481 g/mol. The number of halogens is 2. The zero-order valence-electron chi connectivity index (χ0n) is 12.8. The first-order chi connectivity index (χ1) is 11.8. The molecule has 0 saturated carbocycles. The van der Waals surface area contributed by atoms with Gasteiger partial charge < -0.3 is 4.74 Å². The third-order valence-corrected chi connectivity index (χ3v) is 5.05. The highest BCUT2D eigenvalue weighted by Gasteiger charge is 2.19. The SMILES string of the molecule is CC(=O)OCc1ccc(Sc2ccc(I)cc2C(=O)Cl)c([N+](=O)[O-])c1. The molecule has 2 rings (SSSR count). The molecule has 9 heteroatoms. The number of carbonyl (C=O) groups is 2. The van der Waals surface area contributed by atoms with Crippen LogP contribution in [0.1, 0.15) is 22.8 Å². The molecule has 0 atom stereocenters. The van der Waals surface area contributed by atoms with Crippen LogP contribution >= 0.6 is 46.0 Å². The molecule has 0 radical (unpaired) electrons. The number of hydrogen-bond acceptors (Lipinski definition) is 6. The van der Waals surface area contributed by atoms with Gasteiger partial charge in [-0.25, -0.2) is 0 Å². The quantitative estimate of drug-likeness (QED) is 0.190. The first kappa shape index (κ1) is 19.7. The Morgan fingerprint density at radius 1 is 1.24 bits per heavy atom. The fourth-order valence-corrected chi connectivity index (χ4v) is 3.64. The van der Waals surface area contributed by atoms with E-state index in [-0.39, 0.29) is 17.9 Å². The molecule has 0 aliphatic heterocycles. The van der Waals surface area contributed by atoms with E-state index >= 15 is 0 Å². The van der Waals surface area contributed by atoms with Crippen molar-refractivity contribution in [2.75, 3.05) is 0 Å². The molecule has 0 saturated heterocycles. The summed E-state index contributed by atoms with van der Waals surface area (Å²) in [4.78, 5) is 34.2. The second-order valence-electron chi connectivity index (χ2n) is 4.86. The number of benzene rings is 2. The molecule has 0 unspecified atom stereocenters. The second-order valence-corrected chi connectivity index (χ2v) is 7.53. The highest BCUT2D eigenvalue weighted by molar-refractivity contribution is 14.1. The molecule has 0 spiro atoms. The molecule has 0 aliphatic rings. The lowest BCUT2D eigenvalue weighted by Gasteiger charge is -2.09. The third kappa shape index (κ3) is 5.41. The molecule has 0 bridgehead atoms. The van der Waals surface area contributed by atoms with Gasteiger partial charge in [0.1, 0.15) is 6.61 Å². The van der Waals surface area contributed by atoms with E-state index < -0.39 is 16.1 Å². The average molecular weight is 492 g/mol. The summed E-state index contributed by atoms with van der Waals surface area (Å²) in [5.41, 5.74) is 0.653. The van der Waals surface area contributed by atoms with Crippen molar-refractivity contribution in [3.8, 4) is 0 Å². The molecule has 0 aliphatic carbocycles. The van der Waals surface area contributed by atoms with Crippen molar-refractivity contribution in [3.05, 3.63) is 61.2 Å². The molecule has 0 aromatic heterocycles. The summed E-state index contributed by atoms with van der Waals surface area (Å²) in [5, 5.41) is 10.7. The fourth-order valence-electron chi connectivity index (χ4n) is 1.93. The maximum Gasteiger partial charge on any atom is 0.302 e. The van der Waals surface area contributed by atoms with Crippen LogP contribution in [0.5, 0.6) is 0 Å². The van der Waals surface area contributed by atoms with Crippen molar-refractivity contribution in [1.82, 2.24) is 0 Å². The monoisotopic (exact) mass is 491 g/mol. The van der Waals surface area contributed by atoms with Gasteiger partial charge in [0, 0.05) is 27.0 Å². The van der Waals surface area contributed by atoms with Gasteiger partial charge >= 0.3 is 5.97 Å². The Kier molecular flexibility index (Phi) is 6.79. The molecule has 2 aromatic carbocycles. The van der Waals surface area contributed by atoms with Crippen LogP contribution in [0, 0.1) is 13.7 Å². The molecule has 6 nitrogen and oxygen atoms in total. The predicted molar refractivity (Wildman–Crippen MR) is 102 cm³/mol. The Hall–Kier alpha value is -1.65. The molecule has 0 amide bonds. The lowest BCUT2D eigenvalue weighted by molar-refractivity contribution is -0.387. The van der Waals surface area contributed by atoms with E-state index in [9.17, 15) is 19.7 Å². The van der Waals surface area contributed by atoms with Gasteiger partial charge in [0.2, 0.25) is 0 Å². The summed E-state index contributed by atoms with van der Waals surface area (Å²) in [6, 6.07) is 9.64. The fraction of sp³-hybridized carbons (Fsp3) is 0.125. The van der Waals surface area contributed by atoms with Crippen LogP contribution < -0.4 is 0 Å². The van der Waals surface area contributed by atoms with Crippen LogP contribution in [-0.4, -0.2) is 16.1 Å². The second kappa shape index (κ2) is 8.63. The van der Waals surface area contributed by atoms with Gasteiger partial charge in [0.05, 0.1) is 9.82 Å². The Bertz CT molecular complexity index is 858. The van der Waals surface area contributed by atoms with Crippen LogP contribution in [0.15, 0.2) is 46.2 Å². The minimum Gasteiger partial charge on any atom is -0.461 e. The normalized spacial score (nSPS) is 10.4. The Balaban J connectivity index is 2.38. The highest BCUT2D eigenvalue weighted by Crippen LogP contribution is 2.38. The summed E-state index contributed by atoms with van der Waals surface area (Å²) in [7, 11) is 0. The lowest BCUT2D eigenvalue weighted by atomic mass is 10.2. The average Bonchev–Trinajstić information content (AvgIpc) is 2.55. The zero-order valence-corrected chi connectivity index (χ0v) is 16.6. The standard InChI is InChI=1S/C16H11ClINO5S/c1-9(20)24-8-10-2-4-15(13(6-10)19(22)23)25-14-5-3-11(18)7-12(14)16(17)21/h2-7H,8H2,1H3. The predicted octanol–water partition coefficient (Wildman–Crippen LogP) is 4.79. The van der Waals surface area contributed by atoms with Gasteiger partial charge in [0.15, 0.2) is 0 Å². The molecule has 130 valence electrons. The van der Waals surface area contributed by atoms with Crippen LogP contribution in [0.2, 0.25) is 0 Å². The number of nitro groups is 1. The Morgan fingerprint density at radius 3 is 2.52 bits per heavy atom. The van der Waals surface area contributed by atoms with Gasteiger partial charge in [-0.1, -0.05) is 17.8 Å². The number of nitrogens with zero attached hydrogens (tertiary/aromatic N) is 1. The van der Waals surface area contributed by atoms with Crippen LogP contribution in [0.3, 0.4) is 0 Å². The summed E-state index contributed by atoms with van der Waals surface area (Å²) in [6.07, 6.45) is 0. The molecule has 0 N–H and O–H groups in total.